The van der Waals surface area contributed by atoms with E-state index < -0.39 is 0 Å². The zero-order valence-corrected chi connectivity index (χ0v) is 11.3. The third kappa shape index (κ3) is 3.41. The van der Waals surface area contributed by atoms with Crippen LogP contribution in [0.3, 0.4) is 0 Å². The predicted octanol–water partition coefficient (Wildman–Crippen LogP) is 3.55. The first-order chi connectivity index (χ1) is 8.65. The van der Waals surface area contributed by atoms with Crippen LogP contribution in [0.15, 0.2) is 42.6 Å². The van der Waals surface area contributed by atoms with Crippen LogP contribution in [0.5, 0.6) is 0 Å². The summed E-state index contributed by atoms with van der Waals surface area (Å²) >= 11 is 0. The van der Waals surface area contributed by atoms with Crippen LogP contribution in [0.4, 0.5) is 0 Å². The van der Waals surface area contributed by atoms with Crippen LogP contribution in [0.1, 0.15) is 35.3 Å². The molecule has 2 rings (SSSR count). The van der Waals surface area contributed by atoms with Crippen LogP contribution in [0.25, 0.3) is 0 Å². The Hall–Kier alpha value is -1.67. The van der Waals surface area contributed by atoms with Crippen molar-refractivity contribution in [3.05, 3.63) is 65.0 Å². The molecule has 2 heteroatoms. The van der Waals surface area contributed by atoms with E-state index >= 15 is 0 Å². The van der Waals surface area contributed by atoms with Crippen molar-refractivity contribution in [2.75, 3.05) is 0 Å². The summed E-state index contributed by atoms with van der Waals surface area (Å²) in [4.78, 5) is 4.30. The van der Waals surface area contributed by atoms with E-state index in [1.807, 2.05) is 19.2 Å². The molecule has 0 unspecified atom stereocenters. The summed E-state index contributed by atoms with van der Waals surface area (Å²) < 4.78 is 0. The molecule has 0 aliphatic carbocycles. The van der Waals surface area contributed by atoms with Gasteiger partial charge in [0.1, 0.15) is 0 Å². The lowest BCUT2D eigenvalue weighted by Gasteiger charge is -2.14. The van der Waals surface area contributed by atoms with E-state index in [0.717, 1.165) is 12.2 Å². The van der Waals surface area contributed by atoms with Crippen LogP contribution in [0.2, 0.25) is 0 Å². The Morgan fingerprint density at radius 3 is 2.39 bits per heavy atom. The summed E-state index contributed by atoms with van der Waals surface area (Å²) in [7, 11) is 0. The van der Waals surface area contributed by atoms with E-state index in [2.05, 4.69) is 54.5 Å². The van der Waals surface area contributed by atoms with Crippen LogP contribution in [-0.2, 0) is 6.54 Å². The maximum absolute atomic E-state index is 4.30. The molecule has 0 saturated heterocycles. The normalized spacial score (nSPS) is 12.4. The fraction of sp³-hybridized carbons (Fsp3) is 0.312. The van der Waals surface area contributed by atoms with Crippen molar-refractivity contribution in [2.24, 2.45) is 0 Å². The SMILES string of the molecule is Cc1ccc([C@H](C)NCc2ccc(C)nc2)cc1. The summed E-state index contributed by atoms with van der Waals surface area (Å²) in [6.45, 7) is 7.15. The summed E-state index contributed by atoms with van der Waals surface area (Å²) in [6, 6.07) is 13.2. The van der Waals surface area contributed by atoms with Gasteiger partial charge in [-0.15, -0.1) is 0 Å². The lowest BCUT2D eigenvalue weighted by molar-refractivity contribution is 0.573. The first-order valence-corrected chi connectivity index (χ1v) is 6.36. The highest BCUT2D eigenvalue weighted by Gasteiger charge is 2.04. The van der Waals surface area contributed by atoms with Gasteiger partial charge in [0.15, 0.2) is 0 Å². The van der Waals surface area contributed by atoms with Gasteiger partial charge in [-0.05, 0) is 38.0 Å². The molecule has 1 aromatic heterocycles. The largest absolute Gasteiger partial charge is 0.306 e. The molecule has 2 nitrogen and oxygen atoms in total. The Labute approximate surface area is 109 Å². The molecule has 0 saturated carbocycles. The maximum Gasteiger partial charge on any atom is 0.0372 e. The zero-order chi connectivity index (χ0) is 13.0. The molecule has 1 aromatic carbocycles. The Kier molecular flexibility index (Phi) is 4.11. The van der Waals surface area contributed by atoms with Gasteiger partial charge < -0.3 is 5.32 Å². The maximum atomic E-state index is 4.30. The molecule has 1 heterocycles. The fourth-order valence-corrected chi connectivity index (χ4v) is 1.85. The fourth-order valence-electron chi connectivity index (χ4n) is 1.85. The molecule has 1 N–H and O–H groups in total. The Bertz CT molecular complexity index is 486. The van der Waals surface area contributed by atoms with E-state index in [-0.39, 0.29) is 0 Å². The average Bonchev–Trinajstić information content (AvgIpc) is 2.38. The molecule has 0 amide bonds. The molecule has 0 aliphatic rings. The first kappa shape index (κ1) is 12.8. The van der Waals surface area contributed by atoms with Gasteiger partial charge in [-0.3, -0.25) is 4.98 Å². The van der Waals surface area contributed by atoms with E-state index in [0.29, 0.717) is 6.04 Å². The van der Waals surface area contributed by atoms with Crippen molar-refractivity contribution >= 4 is 0 Å². The quantitative estimate of drug-likeness (QED) is 0.884. The van der Waals surface area contributed by atoms with Crippen molar-refractivity contribution in [1.82, 2.24) is 10.3 Å². The highest BCUT2D eigenvalue weighted by atomic mass is 14.9. The van der Waals surface area contributed by atoms with Crippen molar-refractivity contribution in [3.63, 3.8) is 0 Å². The average molecular weight is 240 g/mol. The molecule has 0 radical (unpaired) electrons. The molecule has 0 fully saturated rings. The van der Waals surface area contributed by atoms with Gasteiger partial charge in [-0.2, -0.15) is 0 Å². The molecule has 94 valence electrons. The van der Waals surface area contributed by atoms with E-state index in [1.54, 1.807) is 0 Å². The van der Waals surface area contributed by atoms with E-state index in [9.17, 15) is 0 Å². The molecular weight excluding hydrogens is 220 g/mol. The minimum Gasteiger partial charge on any atom is -0.306 e. The number of rotatable bonds is 4. The van der Waals surface area contributed by atoms with Gasteiger partial charge >= 0.3 is 0 Å². The van der Waals surface area contributed by atoms with Crippen molar-refractivity contribution < 1.29 is 0 Å². The number of nitrogens with one attached hydrogen (secondary N) is 1. The Balaban J connectivity index is 1.93. The first-order valence-electron chi connectivity index (χ1n) is 6.36. The van der Waals surface area contributed by atoms with Crippen molar-refractivity contribution in [3.8, 4) is 0 Å². The second-order valence-corrected chi connectivity index (χ2v) is 4.82. The van der Waals surface area contributed by atoms with Crippen LogP contribution < -0.4 is 5.32 Å². The van der Waals surface area contributed by atoms with E-state index in [1.165, 1.54) is 16.7 Å². The van der Waals surface area contributed by atoms with Crippen molar-refractivity contribution in [1.29, 1.82) is 0 Å². The van der Waals surface area contributed by atoms with Gasteiger partial charge in [0, 0.05) is 24.5 Å². The lowest BCUT2D eigenvalue weighted by Crippen LogP contribution is -2.18. The van der Waals surface area contributed by atoms with Crippen LogP contribution >= 0.6 is 0 Å². The third-order valence-corrected chi connectivity index (χ3v) is 3.16. The third-order valence-electron chi connectivity index (χ3n) is 3.16. The van der Waals surface area contributed by atoms with Gasteiger partial charge in [-0.1, -0.05) is 35.9 Å². The number of benzene rings is 1. The Morgan fingerprint density at radius 2 is 1.78 bits per heavy atom. The molecule has 1 atom stereocenters. The molecule has 0 aliphatic heterocycles. The lowest BCUT2D eigenvalue weighted by atomic mass is 10.1. The smallest absolute Gasteiger partial charge is 0.0372 e. The van der Waals surface area contributed by atoms with Gasteiger partial charge in [0.05, 0.1) is 0 Å². The molecular formula is C16H20N2. The van der Waals surface area contributed by atoms with Gasteiger partial charge in [0.25, 0.3) is 0 Å². The molecule has 2 aromatic rings. The number of pyridine rings is 1. The zero-order valence-electron chi connectivity index (χ0n) is 11.3. The second-order valence-electron chi connectivity index (χ2n) is 4.82. The molecule has 0 bridgehead atoms. The van der Waals surface area contributed by atoms with Gasteiger partial charge in [0.2, 0.25) is 0 Å². The van der Waals surface area contributed by atoms with Crippen LogP contribution in [-0.4, -0.2) is 4.98 Å². The highest BCUT2D eigenvalue weighted by molar-refractivity contribution is 5.24. The number of aromatic nitrogens is 1. The highest BCUT2D eigenvalue weighted by Crippen LogP contribution is 2.13. The molecule has 18 heavy (non-hydrogen) atoms. The minimum absolute atomic E-state index is 0.354. The molecule has 0 spiro atoms. The number of nitrogens with zero attached hydrogens (tertiary/aromatic N) is 1. The van der Waals surface area contributed by atoms with Gasteiger partial charge in [-0.25, -0.2) is 0 Å². The monoisotopic (exact) mass is 240 g/mol. The van der Waals surface area contributed by atoms with Crippen molar-refractivity contribution in [2.45, 2.75) is 33.4 Å². The predicted molar refractivity (Wildman–Crippen MR) is 75.4 cm³/mol. The Morgan fingerprint density at radius 1 is 1.06 bits per heavy atom. The standard InChI is InChI=1S/C16H20N2/c1-12-4-8-16(9-5-12)14(3)18-11-15-7-6-13(2)17-10-15/h4-10,14,18H,11H2,1-3H3/t14-/m0/s1. The topological polar surface area (TPSA) is 24.9 Å². The summed E-state index contributed by atoms with van der Waals surface area (Å²) in [5.41, 5.74) is 4.90. The van der Waals surface area contributed by atoms with E-state index in [4.69, 9.17) is 0 Å². The summed E-state index contributed by atoms with van der Waals surface area (Å²) in [5.74, 6) is 0. The number of aryl methyl sites for hydroxylation is 2. The summed E-state index contributed by atoms with van der Waals surface area (Å²) in [5, 5.41) is 3.51. The number of hydrogen-bond donors (Lipinski definition) is 1. The number of hydrogen-bond acceptors (Lipinski definition) is 2. The van der Waals surface area contributed by atoms with Crippen LogP contribution in [0, 0.1) is 13.8 Å². The second kappa shape index (κ2) is 5.78. The minimum atomic E-state index is 0.354. The summed E-state index contributed by atoms with van der Waals surface area (Å²) in [6.07, 6.45) is 1.93.